The van der Waals surface area contributed by atoms with Crippen LogP contribution in [0.4, 0.5) is 0 Å². The fourth-order valence-corrected chi connectivity index (χ4v) is 5.92. The molecular weight excluding hydrogens is 212 g/mol. The van der Waals surface area contributed by atoms with Gasteiger partial charge >= 0.3 is 0 Å². The summed E-state index contributed by atoms with van der Waals surface area (Å²) in [4.78, 5) is 0. The van der Waals surface area contributed by atoms with Crippen LogP contribution < -0.4 is 0 Å². The summed E-state index contributed by atoms with van der Waals surface area (Å²) in [5.41, 5.74) is -0.887. The van der Waals surface area contributed by atoms with Crippen molar-refractivity contribution < 1.29 is 13.5 Å². The van der Waals surface area contributed by atoms with Gasteiger partial charge in [0.05, 0.1) is 16.6 Å². The lowest BCUT2D eigenvalue weighted by Crippen LogP contribution is -2.33. The van der Waals surface area contributed by atoms with Crippen LogP contribution in [0, 0.1) is 11.8 Å². The minimum absolute atomic E-state index is 0.0729. The molecule has 1 aliphatic heterocycles. The zero-order chi connectivity index (χ0) is 11.3. The van der Waals surface area contributed by atoms with E-state index >= 15 is 0 Å². The van der Waals surface area contributed by atoms with Crippen LogP contribution in [0.3, 0.4) is 0 Å². The van der Waals surface area contributed by atoms with Gasteiger partial charge in [0.2, 0.25) is 0 Å². The number of rotatable bonds is 1. The van der Waals surface area contributed by atoms with Gasteiger partial charge in [-0.3, -0.25) is 0 Å². The SMILES string of the molecule is CC=C[C@@]1(O)C[C@@H](C)[C@H]2[C@@H]1CCS2(=O)=O. The Morgan fingerprint density at radius 2 is 2.13 bits per heavy atom. The molecule has 1 N–H and O–H groups in total. The largest absolute Gasteiger partial charge is 0.385 e. The average Bonchev–Trinajstić information content (AvgIpc) is 2.53. The van der Waals surface area contributed by atoms with Gasteiger partial charge in [0.15, 0.2) is 9.84 Å². The van der Waals surface area contributed by atoms with E-state index in [-0.39, 0.29) is 22.8 Å². The lowest BCUT2D eigenvalue weighted by Gasteiger charge is -2.24. The second-order valence-electron chi connectivity index (χ2n) is 4.90. The molecule has 4 heteroatoms. The molecule has 3 nitrogen and oxygen atoms in total. The zero-order valence-corrected chi connectivity index (χ0v) is 10.00. The van der Waals surface area contributed by atoms with Crippen molar-refractivity contribution in [1.29, 1.82) is 0 Å². The Morgan fingerprint density at radius 1 is 1.47 bits per heavy atom. The van der Waals surface area contributed by atoms with E-state index in [0.717, 1.165) is 0 Å². The maximum atomic E-state index is 11.8. The highest BCUT2D eigenvalue weighted by Gasteiger charge is 2.57. The Kier molecular flexibility index (Phi) is 2.47. The quantitative estimate of drug-likeness (QED) is 0.687. The second kappa shape index (κ2) is 3.32. The molecular formula is C11H18O3S. The molecule has 2 fully saturated rings. The maximum absolute atomic E-state index is 11.8. The predicted octanol–water partition coefficient (Wildman–Crippen LogP) is 1.14. The third-order valence-electron chi connectivity index (χ3n) is 3.83. The predicted molar refractivity (Wildman–Crippen MR) is 59.2 cm³/mol. The number of allylic oxidation sites excluding steroid dienone is 1. The summed E-state index contributed by atoms with van der Waals surface area (Å²) >= 11 is 0. The monoisotopic (exact) mass is 230 g/mol. The molecule has 1 heterocycles. The van der Waals surface area contributed by atoms with E-state index in [4.69, 9.17) is 0 Å². The second-order valence-corrected chi connectivity index (χ2v) is 7.18. The van der Waals surface area contributed by atoms with E-state index in [1.54, 1.807) is 6.08 Å². The minimum atomic E-state index is -2.96. The van der Waals surface area contributed by atoms with E-state index < -0.39 is 15.4 Å². The molecule has 0 aromatic heterocycles. The van der Waals surface area contributed by atoms with Crippen molar-refractivity contribution in [3.63, 3.8) is 0 Å². The van der Waals surface area contributed by atoms with Gasteiger partial charge < -0.3 is 5.11 Å². The summed E-state index contributed by atoms with van der Waals surface area (Å²) in [5, 5.41) is 10.1. The van der Waals surface area contributed by atoms with Crippen molar-refractivity contribution in [3.8, 4) is 0 Å². The topological polar surface area (TPSA) is 54.4 Å². The lowest BCUT2D eigenvalue weighted by atomic mass is 9.88. The van der Waals surface area contributed by atoms with Crippen molar-refractivity contribution in [3.05, 3.63) is 12.2 Å². The number of hydrogen-bond donors (Lipinski definition) is 1. The highest BCUT2D eigenvalue weighted by atomic mass is 32.2. The van der Waals surface area contributed by atoms with Crippen LogP contribution >= 0.6 is 0 Å². The highest BCUT2D eigenvalue weighted by molar-refractivity contribution is 7.92. The van der Waals surface area contributed by atoms with Gasteiger partial charge in [-0.05, 0) is 25.7 Å². The first kappa shape index (κ1) is 11.1. The molecule has 0 aromatic rings. The number of aliphatic hydroxyl groups is 1. The van der Waals surface area contributed by atoms with E-state index in [9.17, 15) is 13.5 Å². The normalized spacial score (nSPS) is 48.6. The first-order chi connectivity index (χ1) is 6.91. The Hall–Kier alpha value is -0.350. The van der Waals surface area contributed by atoms with Crippen molar-refractivity contribution in [2.45, 2.75) is 37.5 Å². The molecule has 0 amide bonds. The van der Waals surface area contributed by atoms with Crippen molar-refractivity contribution in [2.75, 3.05) is 5.75 Å². The average molecular weight is 230 g/mol. The first-order valence-electron chi connectivity index (χ1n) is 5.48. The van der Waals surface area contributed by atoms with Gasteiger partial charge in [-0.1, -0.05) is 19.1 Å². The summed E-state index contributed by atoms with van der Waals surface area (Å²) in [7, 11) is -2.96. The Labute approximate surface area is 91.1 Å². The lowest BCUT2D eigenvalue weighted by molar-refractivity contribution is 0.0509. The summed E-state index contributed by atoms with van der Waals surface area (Å²) in [6, 6.07) is 0. The molecule has 0 unspecified atom stereocenters. The molecule has 86 valence electrons. The summed E-state index contributed by atoms with van der Waals surface area (Å²) in [6.07, 6.45) is 4.78. The van der Waals surface area contributed by atoms with Gasteiger partial charge in [0, 0.05) is 5.92 Å². The third-order valence-corrected chi connectivity index (χ3v) is 6.26. The van der Waals surface area contributed by atoms with Crippen LogP contribution in [0.1, 0.15) is 26.7 Å². The number of fused-ring (bicyclic) bond motifs is 1. The van der Waals surface area contributed by atoms with Gasteiger partial charge in [-0.2, -0.15) is 0 Å². The standard InChI is InChI=1S/C11H18O3S/c1-3-5-11(12)7-8(2)10-9(11)4-6-15(10,13)14/h3,5,8-10,12H,4,6-7H2,1-2H3/t8-,9+,10+,11-/m1/s1. The van der Waals surface area contributed by atoms with Crippen molar-refractivity contribution in [2.24, 2.45) is 11.8 Å². The molecule has 2 rings (SSSR count). The van der Waals surface area contributed by atoms with Gasteiger partial charge in [-0.15, -0.1) is 0 Å². The molecule has 2 aliphatic rings. The van der Waals surface area contributed by atoms with Crippen LogP contribution in [-0.2, 0) is 9.84 Å². The van der Waals surface area contributed by atoms with Crippen LogP contribution in [0.2, 0.25) is 0 Å². The van der Waals surface area contributed by atoms with E-state index in [1.165, 1.54) is 0 Å². The minimum Gasteiger partial charge on any atom is -0.385 e. The van der Waals surface area contributed by atoms with Crippen LogP contribution in [0.5, 0.6) is 0 Å². The summed E-state index contributed by atoms with van der Waals surface area (Å²) < 4.78 is 23.6. The van der Waals surface area contributed by atoms with Crippen LogP contribution in [0.25, 0.3) is 0 Å². The molecule has 0 radical (unpaired) electrons. The molecule has 15 heavy (non-hydrogen) atoms. The maximum Gasteiger partial charge on any atom is 0.153 e. The highest BCUT2D eigenvalue weighted by Crippen LogP contribution is 2.49. The van der Waals surface area contributed by atoms with E-state index in [1.807, 2.05) is 19.9 Å². The molecule has 1 saturated carbocycles. The number of hydrogen-bond acceptors (Lipinski definition) is 3. The summed E-state index contributed by atoms with van der Waals surface area (Å²) in [5.74, 6) is 0.226. The van der Waals surface area contributed by atoms with Crippen molar-refractivity contribution >= 4 is 9.84 Å². The van der Waals surface area contributed by atoms with E-state index in [2.05, 4.69) is 0 Å². The Balaban J connectivity index is 2.39. The first-order valence-corrected chi connectivity index (χ1v) is 7.20. The summed E-state index contributed by atoms with van der Waals surface area (Å²) in [6.45, 7) is 3.79. The fourth-order valence-electron chi connectivity index (χ4n) is 3.39. The molecule has 0 bridgehead atoms. The fraction of sp³-hybridized carbons (Fsp3) is 0.818. The smallest absolute Gasteiger partial charge is 0.153 e. The molecule has 0 spiro atoms. The van der Waals surface area contributed by atoms with Crippen LogP contribution in [0.15, 0.2) is 12.2 Å². The Bertz CT molecular complexity index is 385. The molecule has 1 aliphatic carbocycles. The number of sulfone groups is 1. The third kappa shape index (κ3) is 1.54. The molecule has 4 atom stereocenters. The molecule has 1 saturated heterocycles. The molecule has 0 aromatic carbocycles. The zero-order valence-electron chi connectivity index (χ0n) is 9.18. The van der Waals surface area contributed by atoms with Gasteiger partial charge in [-0.25, -0.2) is 8.42 Å². The van der Waals surface area contributed by atoms with Crippen LogP contribution in [-0.4, -0.2) is 30.1 Å². The van der Waals surface area contributed by atoms with Gasteiger partial charge in [0.25, 0.3) is 0 Å². The van der Waals surface area contributed by atoms with Crippen molar-refractivity contribution in [1.82, 2.24) is 0 Å². The van der Waals surface area contributed by atoms with Gasteiger partial charge in [0.1, 0.15) is 0 Å². The Morgan fingerprint density at radius 3 is 2.73 bits per heavy atom. The van der Waals surface area contributed by atoms with E-state index in [0.29, 0.717) is 12.8 Å².